The van der Waals surface area contributed by atoms with Gasteiger partial charge in [0, 0.05) is 50.3 Å². The molecule has 2 aromatic heterocycles. The zero-order valence-electron chi connectivity index (χ0n) is 20.1. The second kappa shape index (κ2) is 10.7. The van der Waals surface area contributed by atoms with Crippen LogP contribution >= 0.6 is 22.9 Å². The predicted octanol–water partition coefficient (Wildman–Crippen LogP) is 1.25. The summed E-state index contributed by atoms with van der Waals surface area (Å²) in [5.41, 5.74) is 0.839. The lowest BCUT2D eigenvalue weighted by Gasteiger charge is -2.31. The molecule has 0 saturated carbocycles. The van der Waals surface area contributed by atoms with Crippen molar-refractivity contribution in [1.82, 2.24) is 30.4 Å². The quantitative estimate of drug-likeness (QED) is 0.486. The molecule has 11 nitrogen and oxygen atoms in total. The molecule has 188 valence electrons. The zero-order chi connectivity index (χ0) is 25.9. The normalized spacial score (nSPS) is 14.1. The summed E-state index contributed by atoms with van der Waals surface area (Å²) in [4.78, 5) is 62.8. The van der Waals surface area contributed by atoms with E-state index in [9.17, 15) is 19.2 Å². The summed E-state index contributed by atoms with van der Waals surface area (Å²) in [5.74, 6) is -2.77. The van der Waals surface area contributed by atoms with Crippen molar-refractivity contribution in [3.8, 4) is 0 Å². The van der Waals surface area contributed by atoms with Crippen molar-refractivity contribution in [3.05, 3.63) is 38.9 Å². The molecule has 13 heteroatoms. The van der Waals surface area contributed by atoms with Gasteiger partial charge < -0.3 is 20.9 Å². The highest BCUT2D eigenvalue weighted by Crippen LogP contribution is 2.32. The molecule has 3 rings (SSSR count). The van der Waals surface area contributed by atoms with Gasteiger partial charge in [0.05, 0.1) is 10.7 Å². The number of carbonyl (C=O) groups is 4. The average molecular weight is 522 g/mol. The number of aromatic nitrogens is 2. The number of nitrogens with one attached hydrogen (secondary N) is 3. The molecule has 0 fully saturated rings. The minimum absolute atomic E-state index is 0.0137. The van der Waals surface area contributed by atoms with E-state index < -0.39 is 29.7 Å². The summed E-state index contributed by atoms with van der Waals surface area (Å²) in [7, 11) is 3.06. The number of likely N-dealkylation sites (N-methyl/N-ethyl adjacent to an activating group) is 1. The van der Waals surface area contributed by atoms with Crippen LogP contribution in [-0.2, 0) is 27.5 Å². The van der Waals surface area contributed by atoms with Crippen LogP contribution in [0.2, 0.25) is 5.02 Å². The van der Waals surface area contributed by atoms with Crippen molar-refractivity contribution >= 4 is 52.4 Å². The molecule has 35 heavy (non-hydrogen) atoms. The van der Waals surface area contributed by atoms with Gasteiger partial charge in [0.25, 0.3) is 5.91 Å². The first-order valence-corrected chi connectivity index (χ1v) is 12.0. The van der Waals surface area contributed by atoms with Crippen molar-refractivity contribution in [2.45, 2.75) is 45.4 Å². The summed E-state index contributed by atoms with van der Waals surface area (Å²) in [5, 5.41) is 7.96. The maximum atomic E-state index is 12.9. The Morgan fingerprint density at radius 1 is 1.17 bits per heavy atom. The molecule has 1 atom stereocenters. The minimum atomic E-state index is -1.09. The monoisotopic (exact) mass is 521 g/mol. The van der Waals surface area contributed by atoms with E-state index in [1.54, 1.807) is 0 Å². The topological polar surface area (TPSA) is 137 Å². The summed E-state index contributed by atoms with van der Waals surface area (Å²) in [6.45, 7) is 7.43. The Morgan fingerprint density at radius 3 is 2.46 bits per heavy atom. The van der Waals surface area contributed by atoms with E-state index in [0.717, 1.165) is 10.6 Å². The highest BCUT2D eigenvalue weighted by molar-refractivity contribution is 7.13. The van der Waals surface area contributed by atoms with Gasteiger partial charge >= 0.3 is 11.8 Å². The molecular formula is C22H28ClN7O4S. The third-order valence-corrected chi connectivity index (χ3v) is 6.59. The molecule has 0 spiro atoms. The average Bonchev–Trinajstić information content (AvgIpc) is 3.37. The van der Waals surface area contributed by atoms with E-state index in [1.807, 2.05) is 0 Å². The van der Waals surface area contributed by atoms with E-state index in [2.05, 4.69) is 51.6 Å². The van der Waals surface area contributed by atoms with Gasteiger partial charge in [-0.25, -0.2) is 9.97 Å². The molecule has 2 aromatic rings. The molecule has 0 aliphatic carbocycles. The number of hydrogen-bond donors (Lipinski definition) is 3. The number of amides is 4. The molecule has 1 aliphatic heterocycles. The number of anilines is 1. The van der Waals surface area contributed by atoms with Crippen molar-refractivity contribution < 1.29 is 19.2 Å². The largest absolute Gasteiger partial charge is 0.347 e. The standard InChI is InChI=1S/C22H28ClN7O4S/c1-22(2,3)30-10-14-15(11-30)35-20(27-14)19(33)26-13(21(34)29(4)5)9-25-17(31)18(32)28-16-7-6-12(23)8-24-16/h6-8,13H,9-11H2,1-5H3,(H,25,31)(H,26,33)(H,24,28,32). The van der Waals surface area contributed by atoms with Crippen LogP contribution in [0, 0.1) is 0 Å². The minimum Gasteiger partial charge on any atom is -0.347 e. The lowest BCUT2D eigenvalue weighted by molar-refractivity contribution is -0.136. The van der Waals surface area contributed by atoms with Crippen LogP contribution < -0.4 is 16.0 Å². The van der Waals surface area contributed by atoms with Crippen LogP contribution in [-0.4, -0.2) is 75.6 Å². The van der Waals surface area contributed by atoms with Gasteiger partial charge in [0.1, 0.15) is 11.9 Å². The first-order chi connectivity index (χ1) is 16.3. The Kier molecular flexibility index (Phi) is 8.08. The fraction of sp³-hybridized carbons (Fsp3) is 0.455. The third-order valence-electron chi connectivity index (χ3n) is 5.28. The summed E-state index contributed by atoms with van der Waals surface area (Å²) in [6, 6.07) is 1.87. The first kappa shape index (κ1) is 26.5. The van der Waals surface area contributed by atoms with Gasteiger partial charge in [-0.15, -0.1) is 11.3 Å². The third kappa shape index (κ3) is 6.74. The molecule has 4 amide bonds. The fourth-order valence-corrected chi connectivity index (χ4v) is 4.34. The molecule has 0 aromatic carbocycles. The maximum absolute atomic E-state index is 12.9. The second-order valence-corrected chi connectivity index (χ2v) is 10.7. The number of nitrogens with zero attached hydrogens (tertiary/aromatic N) is 4. The number of carbonyl (C=O) groups excluding carboxylic acids is 4. The van der Waals surface area contributed by atoms with Crippen LogP contribution in [0.3, 0.4) is 0 Å². The van der Waals surface area contributed by atoms with Gasteiger partial charge in [-0.2, -0.15) is 0 Å². The number of thiazole rings is 1. The fourth-order valence-electron chi connectivity index (χ4n) is 3.24. The number of halogens is 1. The van der Waals surface area contributed by atoms with E-state index in [4.69, 9.17) is 11.6 Å². The SMILES string of the molecule is CN(C)C(=O)C(CNC(=O)C(=O)Nc1ccc(Cl)cn1)NC(=O)c1nc2c(s1)CN(C(C)(C)C)C2. The van der Waals surface area contributed by atoms with E-state index in [-0.39, 0.29) is 22.9 Å². The lowest BCUT2D eigenvalue weighted by Crippen LogP contribution is -2.53. The molecule has 1 unspecified atom stereocenters. The summed E-state index contributed by atoms with van der Waals surface area (Å²) in [6.07, 6.45) is 1.32. The Hall–Kier alpha value is -3.09. The number of fused-ring (bicyclic) bond motifs is 1. The van der Waals surface area contributed by atoms with Crippen molar-refractivity contribution in [2.24, 2.45) is 0 Å². The van der Waals surface area contributed by atoms with Gasteiger partial charge in [0.15, 0.2) is 5.01 Å². The summed E-state index contributed by atoms with van der Waals surface area (Å²) >= 11 is 7.04. The Bertz CT molecular complexity index is 1100. The van der Waals surface area contributed by atoms with Crippen molar-refractivity contribution in [1.29, 1.82) is 0 Å². The Balaban J connectivity index is 1.61. The first-order valence-electron chi connectivity index (χ1n) is 10.8. The number of pyridine rings is 1. The highest BCUT2D eigenvalue weighted by atomic mass is 35.5. The van der Waals surface area contributed by atoms with Gasteiger partial charge in [-0.1, -0.05) is 11.6 Å². The smallest absolute Gasteiger partial charge is 0.314 e. The van der Waals surface area contributed by atoms with Crippen LogP contribution in [0.25, 0.3) is 0 Å². The van der Waals surface area contributed by atoms with Crippen molar-refractivity contribution in [2.75, 3.05) is 26.0 Å². The Morgan fingerprint density at radius 2 is 1.89 bits per heavy atom. The molecule has 0 radical (unpaired) electrons. The van der Waals surface area contributed by atoms with Crippen LogP contribution in [0.1, 0.15) is 41.1 Å². The molecular weight excluding hydrogens is 494 g/mol. The van der Waals surface area contributed by atoms with E-state index in [0.29, 0.717) is 18.1 Å². The summed E-state index contributed by atoms with van der Waals surface area (Å²) < 4.78 is 0. The van der Waals surface area contributed by atoms with E-state index >= 15 is 0 Å². The van der Waals surface area contributed by atoms with E-state index in [1.165, 1.54) is 48.7 Å². The molecule has 3 heterocycles. The van der Waals surface area contributed by atoms with Crippen LogP contribution in [0.4, 0.5) is 5.82 Å². The number of hydrogen-bond acceptors (Lipinski definition) is 8. The molecule has 1 aliphatic rings. The van der Waals surface area contributed by atoms with Crippen LogP contribution in [0.15, 0.2) is 18.3 Å². The van der Waals surface area contributed by atoms with Gasteiger partial charge in [-0.3, -0.25) is 24.1 Å². The zero-order valence-corrected chi connectivity index (χ0v) is 21.7. The van der Waals surface area contributed by atoms with Gasteiger partial charge in [-0.05, 0) is 32.9 Å². The molecule has 0 bridgehead atoms. The predicted molar refractivity (Wildman–Crippen MR) is 132 cm³/mol. The van der Waals surface area contributed by atoms with Crippen molar-refractivity contribution in [3.63, 3.8) is 0 Å². The maximum Gasteiger partial charge on any atom is 0.314 e. The highest BCUT2D eigenvalue weighted by Gasteiger charge is 2.33. The second-order valence-electron chi connectivity index (χ2n) is 9.20. The van der Waals surface area contributed by atoms with Crippen LogP contribution in [0.5, 0.6) is 0 Å². The lowest BCUT2D eigenvalue weighted by atomic mass is 10.1. The molecule has 0 saturated heterocycles. The van der Waals surface area contributed by atoms with Gasteiger partial charge in [0.2, 0.25) is 5.91 Å². The number of rotatable bonds is 6. The Labute approximate surface area is 212 Å². The molecule has 3 N–H and O–H groups in total.